The van der Waals surface area contributed by atoms with Crippen LogP contribution in [0, 0.1) is 17.1 Å². The number of nitrogens with zero attached hydrogens (tertiary/aromatic N) is 1. The van der Waals surface area contributed by atoms with Gasteiger partial charge in [0.1, 0.15) is 5.82 Å². The van der Waals surface area contributed by atoms with Crippen molar-refractivity contribution in [3.8, 4) is 6.07 Å². The molecule has 0 aliphatic heterocycles. The molecule has 1 aromatic carbocycles. The number of nitrogens with one attached hydrogen (secondary N) is 1. The molecule has 18 heavy (non-hydrogen) atoms. The number of nitriles is 1. The van der Waals surface area contributed by atoms with E-state index in [4.69, 9.17) is 10.4 Å². The molecule has 96 valence electrons. The maximum atomic E-state index is 13.6. The van der Waals surface area contributed by atoms with Crippen molar-refractivity contribution in [2.45, 2.75) is 32.2 Å². The minimum Gasteiger partial charge on any atom is -0.481 e. The normalized spacial score (nSPS) is 10.8. The Morgan fingerprint density at radius 3 is 2.72 bits per heavy atom. The van der Waals surface area contributed by atoms with Crippen molar-refractivity contribution < 1.29 is 14.3 Å². The van der Waals surface area contributed by atoms with E-state index in [2.05, 4.69) is 5.32 Å². The van der Waals surface area contributed by atoms with E-state index >= 15 is 0 Å². The summed E-state index contributed by atoms with van der Waals surface area (Å²) in [6, 6.07) is 6.00. The van der Waals surface area contributed by atoms with Gasteiger partial charge in [-0.3, -0.25) is 4.79 Å². The molecule has 2 N–H and O–H groups in total. The first kappa shape index (κ1) is 14.0. The molecule has 0 atom stereocenters. The van der Waals surface area contributed by atoms with Gasteiger partial charge in [-0.2, -0.15) is 5.26 Å². The summed E-state index contributed by atoms with van der Waals surface area (Å²) in [6.45, 7) is 3.60. The van der Waals surface area contributed by atoms with Crippen LogP contribution in [0.5, 0.6) is 0 Å². The van der Waals surface area contributed by atoms with Crippen molar-refractivity contribution in [1.29, 1.82) is 5.26 Å². The number of rotatable bonds is 5. The van der Waals surface area contributed by atoms with Gasteiger partial charge in [-0.1, -0.05) is 0 Å². The van der Waals surface area contributed by atoms with E-state index in [0.29, 0.717) is 6.42 Å². The van der Waals surface area contributed by atoms with E-state index < -0.39 is 17.3 Å². The SMILES string of the molecule is CC(C)(CCC(=O)O)Nc1ccc(C#N)cc1F. The summed E-state index contributed by atoms with van der Waals surface area (Å²) in [6.07, 6.45) is 0.389. The maximum Gasteiger partial charge on any atom is 0.303 e. The van der Waals surface area contributed by atoms with E-state index in [1.807, 2.05) is 6.07 Å². The predicted molar refractivity (Wildman–Crippen MR) is 65.7 cm³/mol. The molecule has 5 heteroatoms. The van der Waals surface area contributed by atoms with Crippen molar-refractivity contribution in [3.63, 3.8) is 0 Å². The Labute approximate surface area is 105 Å². The molecule has 0 saturated carbocycles. The van der Waals surface area contributed by atoms with Crippen LogP contribution < -0.4 is 5.32 Å². The van der Waals surface area contributed by atoms with Crippen LogP contribution in [0.4, 0.5) is 10.1 Å². The lowest BCUT2D eigenvalue weighted by Gasteiger charge is -2.27. The topological polar surface area (TPSA) is 73.1 Å². The number of anilines is 1. The summed E-state index contributed by atoms with van der Waals surface area (Å²) in [5.74, 6) is -1.40. The summed E-state index contributed by atoms with van der Waals surface area (Å²) in [7, 11) is 0. The van der Waals surface area contributed by atoms with Gasteiger partial charge in [0.15, 0.2) is 0 Å². The predicted octanol–water partition coefficient (Wildman–Crippen LogP) is 2.75. The van der Waals surface area contributed by atoms with E-state index in [1.165, 1.54) is 12.1 Å². The number of carboxylic acids is 1. The maximum absolute atomic E-state index is 13.6. The molecular formula is C13H15FN2O2. The highest BCUT2D eigenvalue weighted by Gasteiger charge is 2.20. The fourth-order valence-electron chi connectivity index (χ4n) is 1.53. The molecule has 0 fully saturated rings. The fourth-order valence-corrected chi connectivity index (χ4v) is 1.53. The molecule has 0 saturated heterocycles. The number of carboxylic acid groups (broad SMARTS) is 1. The summed E-state index contributed by atoms with van der Waals surface area (Å²) in [4.78, 5) is 10.5. The lowest BCUT2D eigenvalue weighted by Crippen LogP contribution is -2.32. The van der Waals surface area contributed by atoms with E-state index in [1.54, 1.807) is 13.8 Å². The second-order valence-corrected chi connectivity index (χ2v) is 4.71. The standard InChI is InChI=1S/C13H15FN2O2/c1-13(2,6-5-12(17)18)16-11-4-3-9(8-15)7-10(11)14/h3-4,7,16H,5-6H2,1-2H3,(H,17,18). The number of benzene rings is 1. The van der Waals surface area contributed by atoms with Gasteiger partial charge >= 0.3 is 5.97 Å². The summed E-state index contributed by atoms with van der Waals surface area (Å²) in [5, 5.41) is 20.2. The smallest absolute Gasteiger partial charge is 0.303 e. The molecule has 0 spiro atoms. The lowest BCUT2D eigenvalue weighted by atomic mass is 9.97. The van der Waals surface area contributed by atoms with Gasteiger partial charge in [-0.05, 0) is 38.5 Å². The average molecular weight is 250 g/mol. The first-order valence-corrected chi connectivity index (χ1v) is 5.54. The highest BCUT2D eigenvalue weighted by molar-refractivity contribution is 5.67. The van der Waals surface area contributed by atoms with E-state index in [9.17, 15) is 9.18 Å². The minimum atomic E-state index is -0.884. The van der Waals surface area contributed by atoms with Crippen LogP contribution in [0.25, 0.3) is 0 Å². The van der Waals surface area contributed by atoms with Crippen molar-refractivity contribution in [2.75, 3.05) is 5.32 Å². The largest absolute Gasteiger partial charge is 0.481 e. The number of halogens is 1. The minimum absolute atomic E-state index is 0.0118. The molecule has 4 nitrogen and oxygen atoms in total. The van der Waals surface area contributed by atoms with Gasteiger partial charge in [0, 0.05) is 12.0 Å². The van der Waals surface area contributed by atoms with E-state index in [0.717, 1.165) is 6.07 Å². The zero-order valence-corrected chi connectivity index (χ0v) is 10.3. The molecule has 0 bridgehead atoms. The van der Waals surface area contributed by atoms with Gasteiger partial charge < -0.3 is 10.4 Å². The zero-order valence-electron chi connectivity index (χ0n) is 10.3. The molecule has 0 aliphatic rings. The third kappa shape index (κ3) is 4.06. The Bertz CT molecular complexity index is 492. The van der Waals surface area contributed by atoms with Crippen LogP contribution in [-0.2, 0) is 4.79 Å². The lowest BCUT2D eigenvalue weighted by molar-refractivity contribution is -0.137. The van der Waals surface area contributed by atoms with Gasteiger partial charge in [0.05, 0.1) is 17.3 Å². The van der Waals surface area contributed by atoms with Crippen LogP contribution in [0.15, 0.2) is 18.2 Å². The Morgan fingerprint density at radius 2 is 2.22 bits per heavy atom. The molecule has 0 aromatic heterocycles. The fraction of sp³-hybridized carbons (Fsp3) is 0.385. The number of carbonyl (C=O) groups is 1. The highest BCUT2D eigenvalue weighted by atomic mass is 19.1. The highest BCUT2D eigenvalue weighted by Crippen LogP contribution is 2.22. The molecule has 0 radical (unpaired) electrons. The van der Waals surface area contributed by atoms with E-state index in [-0.39, 0.29) is 17.7 Å². The van der Waals surface area contributed by atoms with Crippen LogP contribution in [0.1, 0.15) is 32.3 Å². The van der Waals surface area contributed by atoms with Crippen molar-refractivity contribution in [2.24, 2.45) is 0 Å². The average Bonchev–Trinajstić information content (AvgIpc) is 2.29. The molecule has 0 aliphatic carbocycles. The third-order valence-corrected chi connectivity index (χ3v) is 2.54. The van der Waals surface area contributed by atoms with Crippen LogP contribution in [-0.4, -0.2) is 16.6 Å². The molecule has 1 rings (SSSR count). The first-order valence-electron chi connectivity index (χ1n) is 5.54. The molecule has 0 heterocycles. The number of hydrogen-bond acceptors (Lipinski definition) is 3. The molecular weight excluding hydrogens is 235 g/mol. The van der Waals surface area contributed by atoms with Gasteiger partial charge in [0.2, 0.25) is 0 Å². The summed E-state index contributed by atoms with van der Waals surface area (Å²) in [5.41, 5.74) is -0.0151. The summed E-state index contributed by atoms with van der Waals surface area (Å²) >= 11 is 0. The van der Waals surface area contributed by atoms with Crippen LogP contribution in [0.2, 0.25) is 0 Å². The third-order valence-electron chi connectivity index (χ3n) is 2.54. The van der Waals surface area contributed by atoms with Crippen molar-refractivity contribution in [1.82, 2.24) is 0 Å². The van der Waals surface area contributed by atoms with Crippen LogP contribution in [0.3, 0.4) is 0 Å². The van der Waals surface area contributed by atoms with Crippen molar-refractivity contribution in [3.05, 3.63) is 29.6 Å². The Hall–Kier alpha value is -2.09. The second kappa shape index (κ2) is 5.50. The number of aliphatic carboxylic acids is 1. The molecule has 0 unspecified atom stereocenters. The van der Waals surface area contributed by atoms with Gasteiger partial charge in [-0.25, -0.2) is 4.39 Å². The van der Waals surface area contributed by atoms with Crippen molar-refractivity contribution >= 4 is 11.7 Å². The quantitative estimate of drug-likeness (QED) is 0.842. The Kier molecular flexibility index (Phi) is 4.27. The zero-order chi connectivity index (χ0) is 13.8. The van der Waals surface area contributed by atoms with Crippen LogP contribution >= 0.6 is 0 Å². The Balaban J connectivity index is 2.78. The summed E-state index contributed by atoms with van der Waals surface area (Å²) < 4.78 is 13.6. The van der Waals surface area contributed by atoms with Gasteiger partial charge in [-0.15, -0.1) is 0 Å². The first-order chi connectivity index (χ1) is 8.34. The van der Waals surface area contributed by atoms with Gasteiger partial charge in [0.25, 0.3) is 0 Å². The molecule has 1 aromatic rings. The Morgan fingerprint density at radius 1 is 1.56 bits per heavy atom. The molecule has 0 amide bonds. The monoisotopic (exact) mass is 250 g/mol. The number of hydrogen-bond donors (Lipinski definition) is 2. The second-order valence-electron chi connectivity index (χ2n) is 4.71.